The smallest absolute Gasteiger partial charge is 0.233 e. The van der Waals surface area contributed by atoms with Crippen LogP contribution in [-0.4, -0.2) is 67.8 Å². The van der Waals surface area contributed by atoms with Crippen molar-refractivity contribution in [3.05, 3.63) is 48.2 Å². The molecule has 2 atom stereocenters. The highest BCUT2D eigenvalue weighted by Gasteiger charge is 2.31. The van der Waals surface area contributed by atoms with E-state index in [0.717, 1.165) is 17.7 Å². The van der Waals surface area contributed by atoms with Crippen LogP contribution < -0.4 is 0 Å². The summed E-state index contributed by atoms with van der Waals surface area (Å²) in [6.45, 7) is 14.5. The summed E-state index contributed by atoms with van der Waals surface area (Å²) in [5.74, 6) is 2.01. The summed E-state index contributed by atoms with van der Waals surface area (Å²) in [6, 6.07) is 11.7. The lowest BCUT2D eigenvalue weighted by molar-refractivity contribution is -0.142. The number of hydrogen-bond acceptors (Lipinski definition) is 6. The van der Waals surface area contributed by atoms with Gasteiger partial charge in [0.05, 0.1) is 17.7 Å². The maximum absolute atomic E-state index is 13.2. The molecule has 0 bridgehead atoms. The zero-order valence-electron chi connectivity index (χ0n) is 23.3. The van der Waals surface area contributed by atoms with E-state index >= 15 is 0 Å². The molecule has 4 rings (SSSR count). The van der Waals surface area contributed by atoms with Crippen molar-refractivity contribution in [1.29, 1.82) is 0 Å². The molecule has 0 N–H and O–H groups in total. The van der Waals surface area contributed by atoms with E-state index in [1.165, 1.54) is 11.8 Å². The molecule has 1 aliphatic heterocycles. The standard InChI is InChI=1S/C29H39N5O3S/c1-20(17-29(4,5)6)16-25(35)33-14-13-32(18-22(33)3)26(36)19-38-28-31-30-27(24-12-9-15-37-24)34(28)23-11-8-7-10-21(23)2/h7-12,15,20,22H,13-14,16-19H2,1-6H3. The first-order valence-electron chi connectivity index (χ1n) is 13.3. The van der Waals surface area contributed by atoms with E-state index in [0.29, 0.717) is 48.7 Å². The van der Waals surface area contributed by atoms with Gasteiger partial charge in [0, 0.05) is 32.1 Å². The molecule has 0 saturated carbocycles. The van der Waals surface area contributed by atoms with Crippen LogP contribution in [-0.2, 0) is 9.59 Å². The molecule has 0 radical (unpaired) electrons. The number of carbonyl (C=O) groups excluding carboxylic acids is 2. The number of thioether (sulfide) groups is 1. The molecule has 0 spiro atoms. The molecule has 1 fully saturated rings. The van der Waals surface area contributed by atoms with Crippen molar-refractivity contribution < 1.29 is 14.0 Å². The van der Waals surface area contributed by atoms with Crippen LogP contribution in [0.25, 0.3) is 17.3 Å². The van der Waals surface area contributed by atoms with E-state index in [-0.39, 0.29) is 29.0 Å². The summed E-state index contributed by atoms with van der Waals surface area (Å²) in [5.41, 5.74) is 2.22. The number of aromatic nitrogens is 3. The minimum absolute atomic E-state index is 0.00628. The van der Waals surface area contributed by atoms with Crippen molar-refractivity contribution >= 4 is 23.6 Å². The lowest BCUT2D eigenvalue weighted by Crippen LogP contribution is -2.56. The van der Waals surface area contributed by atoms with Crippen LogP contribution in [0.5, 0.6) is 0 Å². The Morgan fingerprint density at radius 3 is 2.53 bits per heavy atom. The lowest BCUT2D eigenvalue weighted by Gasteiger charge is -2.40. The number of carbonyl (C=O) groups is 2. The molecular formula is C29H39N5O3S. The molecule has 9 heteroatoms. The Morgan fingerprint density at radius 1 is 1.11 bits per heavy atom. The number of piperazine rings is 1. The predicted octanol–water partition coefficient (Wildman–Crippen LogP) is 5.45. The van der Waals surface area contributed by atoms with E-state index in [9.17, 15) is 9.59 Å². The number of benzene rings is 1. The van der Waals surface area contributed by atoms with Crippen molar-refractivity contribution in [1.82, 2.24) is 24.6 Å². The van der Waals surface area contributed by atoms with Gasteiger partial charge in [-0.3, -0.25) is 14.2 Å². The Morgan fingerprint density at radius 2 is 1.87 bits per heavy atom. The second kappa shape index (κ2) is 11.8. The Bertz CT molecular complexity index is 1250. The van der Waals surface area contributed by atoms with Gasteiger partial charge < -0.3 is 14.2 Å². The topological polar surface area (TPSA) is 84.5 Å². The molecule has 1 aliphatic rings. The van der Waals surface area contributed by atoms with Crippen molar-refractivity contribution in [3.63, 3.8) is 0 Å². The summed E-state index contributed by atoms with van der Waals surface area (Å²) in [4.78, 5) is 30.0. The maximum Gasteiger partial charge on any atom is 0.233 e. The van der Waals surface area contributed by atoms with Crippen LogP contribution in [0.2, 0.25) is 0 Å². The summed E-state index contributed by atoms with van der Waals surface area (Å²) in [6.07, 6.45) is 3.18. The number of aryl methyl sites for hydroxylation is 1. The zero-order valence-corrected chi connectivity index (χ0v) is 24.1. The van der Waals surface area contributed by atoms with Crippen molar-refractivity contribution in [3.8, 4) is 17.3 Å². The Kier molecular flexibility index (Phi) is 8.65. The van der Waals surface area contributed by atoms with Gasteiger partial charge in [0.15, 0.2) is 10.9 Å². The summed E-state index contributed by atoms with van der Waals surface area (Å²) in [7, 11) is 0. The van der Waals surface area contributed by atoms with Crippen LogP contribution in [0.1, 0.15) is 53.0 Å². The highest BCUT2D eigenvalue weighted by Crippen LogP contribution is 2.30. The summed E-state index contributed by atoms with van der Waals surface area (Å²) in [5, 5.41) is 9.42. The van der Waals surface area contributed by atoms with Crippen LogP contribution in [0.4, 0.5) is 0 Å². The summed E-state index contributed by atoms with van der Waals surface area (Å²) < 4.78 is 7.55. The molecule has 2 aromatic heterocycles. The lowest BCUT2D eigenvalue weighted by atomic mass is 9.84. The molecule has 2 amide bonds. The monoisotopic (exact) mass is 537 g/mol. The first kappa shape index (κ1) is 28.0. The van der Waals surface area contributed by atoms with Crippen molar-refractivity contribution in [2.24, 2.45) is 11.3 Å². The van der Waals surface area contributed by atoms with Gasteiger partial charge in [0.25, 0.3) is 0 Å². The molecule has 1 saturated heterocycles. The van der Waals surface area contributed by atoms with E-state index in [4.69, 9.17) is 4.42 Å². The average molecular weight is 538 g/mol. The first-order chi connectivity index (χ1) is 18.0. The number of furan rings is 1. The Hall–Kier alpha value is -3.07. The Labute approximate surface area is 229 Å². The van der Waals surface area contributed by atoms with Gasteiger partial charge in [-0.2, -0.15) is 0 Å². The van der Waals surface area contributed by atoms with Crippen LogP contribution in [0.15, 0.2) is 52.2 Å². The number of rotatable bonds is 8. The van der Waals surface area contributed by atoms with E-state index in [1.807, 2.05) is 64.6 Å². The molecule has 3 heterocycles. The van der Waals surface area contributed by atoms with Gasteiger partial charge in [-0.15, -0.1) is 10.2 Å². The van der Waals surface area contributed by atoms with Crippen LogP contribution >= 0.6 is 11.8 Å². The van der Waals surface area contributed by atoms with Crippen LogP contribution in [0, 0.1) is 18.3 Å². The fraction of sp³-hybridized carbons (Fsp3) is 0.517. The third kappa shape index (κ3) is 6.67. The van der Waals surface area contributed by atoms with Gasteiger partial charge in [0.2, 0.25) is 17.6 Å². The minimum atomic E-state index is -0.00628. The Balaban J connectivity index is 1.39. The van der Waals surface area contributed by atoms with Crippen molar-refractivity contribution in [2.45, 2.75) is 65.6 Å². The number of hydrogen-bond donors (Lipinski definition) is 0. The molecule has 1 aromatic carbocycles. The van der Waals surface area contributed by atoms with E-state index < -0.39 is 0 Å². The van der Waals surface area contributed by atoms with E-state index in [1.54, 1.807) is 6.26 Å². The molecule has 3 aromatic rings. The van der Waals surface area contributed by atoms with Crippen molar-refractivity contribution in [2.75, 3.05) is 25.4 Å². The zero-order chi connectivity index (χ0) is 27.4. The minimum Gasteiger partial charge on any atom is -0.461 e. The number of amides is 2. The molecule has 0 aliphatic carbocycles. The first-order valence-corrected chi connectivity index (χ1v) is 14.3. The van der Waals surface area contributed by atoms with E-state index in [2.05, 4.69) is 37.9 Å². The van der Waals surface area contributed by atoms with Gasteiger partial charge in [-0.05, 0) is 55.4 Å². The molecule has 204 valence electrons. The largest absolute Gasteiger partial charge is 0.461 e. The quantitative estimate of drug-likeness (QED) is 0.355. The molecule has 2 unspecified atom stereocenters. The number of para-hydroxylation sites is 1. The van der Waals surface area contributed by atoms with Crippen LogP contribution in [0.3, 0.4) is 0 Å². The van der Waals surface area contributed by atoms with Gasteiger partial charge >= 0.3 is 0 Å². The van der Waals surface area contributed by atoms with Gasteiger partial charge in [-0.25, -0.2) is 0 Å². The fourth-order valence-electron chi connectivity index (χ4n) is 5.27. The second-order valence-electron chi connectivity index (χ2n) is 11.5. The second-order valence-corrected chi connectivity index (χ2v) is 12.5. The third-order valence-corrected chi connectivity index (χ3v) is 7.75. The SMILES string of the molecule is Cc1ccccc1-n1c(SCC(=O)N2CCN(C(=O)CC(C)CC(C)(C)C)C(C)C2)nnc1-c1ccco1. The molecule has 38 heavy (non-hydrogen) atoms. The third-order valence-electron chi connectivity index (χ3n) is 6.84. The normalized spacial score (nSPS) is 17.1. The number of nitrogens with zero attached hydrogens (tertiary/aromatic N) is 5. The summed E-state index contributed by atoms with van der Waals surface area (Å²) >= 11 is 1.37. The maximum atomic E-state index is 13.2. The molecule has 8 nitrogen and oxygen atoms in total. The average Bonchev–Trinajstić information content (AvgIpc) is 3.51. The highest BCUT2D eigenvalue weighted by atomic mass is 32.2. The van der Waals surface area contributed by atoms with Gasteiger partial charge in [-0.1, -0.05) is 57.7 Å². The predicted molar refractivity (Wildman–Crippen MR) is 150 cm³/mol. The molecular weight excluding hydrogens is 498 g/mol. The highest BCUT2D eigenvalue weighted by molar-refractivity contribution is 7.99. The fourth-order valence-corrected chi connectivity index (χ4v) is 6.11. The van der Waals surface area contributed by atoms with Gasteiger partial charge in [0.1, 0.15) is 0 Å².